The number of nitrogens with one attached hydrogen (secondary N) is 2. The van der Waals surface area contributed by atoms with Gasteiger partial charge in [0.15, 0.2) is 0 Å². The van der Waals surface area contributed by atoms with Crippen LogP contribution in [0, 0.1) is 0 Å². The number of carbonyl (C=O) groups excluding carboxylic acids is 3. The summed E-state index contributed by atoms with van der Waals surface area (Å²) >= 11 is 6.01. The number of carbonyl (C=O) groups is 3. The van der Waals surface area contributed by atoms with Gasteiger partial charge in [0.25, 0.3) is 5.91 Å². The predicted molar refractivity (Wildman–Crippen MR) is 102 cm³/mol. The molecule has 2 aromatic carbocycles. The van der Waals surface area contributed by atoms with Crippen molar-refractivity contribution in [2.24, 2.45) is 0 Å². The maximum atomic E-state index is 12.7. The first kappa shape index (κ1) is 17.7. The van der Waals surface area contributed by atoms with Gasteiger partial charge in [0, 0.05) is 41.8 Å². The number of benzene rings is 2. The van der Waals surface area contributed by atoms with Gasteiger partial charge in [0.2, 0.25) is 11.8 Å². The number of fused-ring (bicyclic) bond motifs is 1. The molecule has 0 saturated carbocycles. The number of rotatable bonds is 3. The molecular formula is C19H16ClN3O3. The van der Waals surface area contributed by atoms with Crippen molar-refractivity contribution in [3.05, 3.63) is 59.2 Å². The molecule has 0 bridgehead atoms. The van der Waals surface area contributed by atoms with Crippen molar-refractivity contribution in [2.45, 2.75) is 13.8 Å². The molecule has 7 heteroatoms. The SMILES string of the molecule is CC(=O)Nc1ccc(NC(=O)c2cn(C(C)=O)c3cc(Cl)ccc23)cc1. The van der Waals surface area contributed by atoms with Gasteiger partial charge in [0.1, 0.15) is 0 Å². The molecule has 2 amide bonds. The quantitative estimate of drug-likeness (QED) is 0.727. The second-order valence-corrected chi connectivity index (χ2v) is 6.24. The lowest BCUT2D eigenvalue weighted by Gasteiger charge is -2.06. The zero-order chi connectivity index (χ0) is 18.8. The molecule has 3 aromatic rings. The predicted octanol–water partition coefficient (Wildman–Crippen LogP) is 4.17. The molecule has 0 aliphatic heterocycles. The van der Waals surface area contributed by atoms with Gasteiger partial charge in [-0.05, 0) is 36.4 Å². The van der Waals surface area contributed by atoms with Gasteiger partial charge in [-0.15, -0.1) is 0 Å². The van der Waals surface area contributed by atoms with Crippen molar-refractivity contribution >= 4 is 51.6 Å². The van der Waals surface area contributed by atoms with Crippen molar-refractivity contribution in [1.29, 1.82) is 0 Å². The lowest BCUT2D eigenvalue weighted by molar-refractivity contribution is -0.114. The topological polar surface area (TPSA) is 80.2 Å². The highest BCUT2D eigenvalue weighted by molar-refractivity contribution is 6.31. The van der Waals surface area contributed by atoms with E-state index in [-0.39, 0.29) is 17.7 Å². The van der Waals surface area contributed by atoms with Gasteiger partial charge < -0.3 is 10.6 Å². The molecule has 26 heavy (non-hydrogen) atoms. The Hall–Kier alpha value is -3.12. The van der Waals surface area contributed by atoms with E-state index in [9.17, 15) is 14.4 Å². The van der Waals surface area contributed by atoms with Crippen LogP contribution in [-0.2, 0) is 4.79 Å². The molecule has 0 aliphatic rings. The summed E-state index contributed by atoms with van der Waals surface area (Å²) in [5.74, 6) is -0.724. The number of anilines is 2. The fourth-order valence-electron chi connectivity index (χ4n) is 2.68. The molecule has 0 fully saturated rings. The first-order valence-electron chi connectivity index (χ1n) is 7.85. The Labute approximate surface area is 154 Å². The van der Waals surface area contributed by atoms with E-state index in [1.807, 2.05) is 0 Å². The van der Waals surface area contributed by atoms with Crippen molar-refractivity contribution in [3.8, 4) is 0 Å². The number of halogens is 1. The van der Waals surface area contributed by atoms with Gasteiger partial charge >= 0.3 is 0 Å². The molecule has 0 atom stereocenters. The second kappa shape index (κ2) is 7.01. The normalized spacial score (nSPS) is 10.6. The maximum absolute atomic E-state index is 12.7. The van der Waals surface area contributed by atoms with E-state index in [0.29, 0.717) is 32.9 Å². The third-order valence-electron chi connectivity index (χ3n) is 3.81. The lowest BCUT2D eigenvalue weighted by atomic mass is 10.1. The minimum Gasteiger partial charge on any atom is -0.326 e. The Morgan fingerprint density at radius 3 is 2.12 bits per heavy atom. The zero-order valence-corrected chi connectivity index (χ0v) is 14.9. The smallest absolute Gasteiger partial charge is 0.257 e. The van der Waals surface area contributed by atoms with Crippen LogP contribution in [0.2, 0.25) is 5.02 Å². The van der Waals surface area contributed by atoms with Crippen LogP contribution >= 0.6 is 11.6 Å². The summed E-state index contributed by atoms with van der Waals surface area (Å²) in [5, 5.41) is 6.57. The van der Waals surface area contributed by atoms with E-state index in [0.717, 1.165) is 0 Å². The van der Waals surface area contributed by atoms with Gasteiger partial charge in [0.05, 0.1) is 11.1 Å². The van der Waals surface area contributed by atoms with Crippen molar-refractivity contribution < 1.29 is 14.4 Å². The molecule has 0 aliphatic carbocycles. The molecule has 3 rings (SSSR count). The molecule has 132 valence electrons. The number of hydrogen-bond acceptors (Lipinski definition) is 3. The first-order valence-corrected chi connectivity index (χ1v) is 8.23. The largest absolute Gasteiger partial charge is 0.326 e. The average Bonchev–Trinajstić information content (AvgIpc) is 2.95. The van der Waals surface area contributed by atoms with E-state index in [1.54, 1.807) is 42.5 Å². The Balaban J connectivity index is 1.90. The summed E-state index contributed by atoms with van der Waals surface area (Å²) in [6.45, 7) is 2.84. The molecule has 0 saturated heterocycles. The van der Waals surface area contributed by atoms with Crippen LogP contribution in [-0.4, -0.2) is 22.3 Å². The molecule has 0 unspecified atom stereocenters. The van der Waals surface area contributed by atoms with E-state index in [2.05, 4.69) is 10.6 Å². The fourth-order valence-corrected chi connectivity index (χ4v) is 2.85. The molecule has 1 aromatic heterocycles. The standard InChI is InChI=1S/C19H16ClN3O3/c1-11(24)21-14-4-6-15(7-5-14)22-19(26)17-10-23(12(2)25)18-9-13(20)3-8-16(17)18/h3-10H,1-2H3,(H,21,24)(H,22,26). The molecule has 1 heterocycles. The summed E-state index contributed by atoms with van der Waals surface area (Å²) in [6.07, 6.45) is 1.50. The summed E-state index contributed by atoms with van der Waals surface area (Å²) in [4.78, 5) is 35.6. The third-order valence-corrected chi connectivity index (χ3v) is 4.05. The van der Waals surface area contributed by atoms with E-state index in [4.69, 9.17) is 11.6 Å². The summed E-state index contributed by atoms with van der Waals surface area (Å²) in [7, 11) is 0. The molecule has 2 N–H and O–H groups in total. The monoisotopic (exact) mass is 369 g/mol. The van der Waals surface area contributed by atoms with Crippen LogP contribution in [0.5, 0.6) is 0 Å². The Kier molecular flexibility index (Phi) is 4.77. The van der Waals surface area contributed by atoms with Gasteiger partial charge in [-0.3, -0.25) is 19.0 Å². The Bertz CT molecular complexity index is 1020. The summed E-state index contributed by atoms with van der Waals surface area (Å²) in [6, 6.07) is 11.8. The average molecular weight is 370 g/mol. The highest BCUT2D eigenvalue weighted by Gasteiger charge is 2.17. The van der Waals surface area contributed by atoms with E-state index >= 15 is 0 Å². The van der Waals surface area contributed by atoms with Gasteiger partial charge in [-0.2, -0.15) is 0 Å². The molecule has 6 nitrogen and oxygen atoms in total. The van der Waals surface area contributed by atoms with Crippen LogP contribution in [0.3, 0.4) is 0 Å². The highest BCUT2D eigenvalue weighted by atomic mass is 35.5. The van der Waals surface area contributed by atoms with E-state index < -0.39 is 0 Å². The Morgan fingerprint density at radius 2 is 1.54 bits per heavy atom. The molecule has 0 radical (unpaired) electrons. The van der Waals surface area contributed by atoms with Crippen molar-refractivity contribution in [3.63, 3.8) is 0 Å². The van der Waals surface area contributed by atoms with Crippen molar-refractivity contribution in [2.75, 3.05) is 10.6 Å². The minimum absolute atomic E-state index is 0.169. The molecular weight excluding hydrogens is 354 g/mol. The van der Waals surface area contributed by atoms with Crippen LogP contribution in [0.4, 0.5) is 11.4 Å². The van der Waals surface area contributed by atoms with Crippen LogP contribution < -0.4 is 10.6 Å². The van der Waals surface area contributed by atoms with E-state index in [1.165, 1.54) is 24.6 Å². The number of nitrogens with zero attached hydrogens (tertiary/aromatic N) is 1. The lowest BCUT2D eigenvalue weighted by Crippen LogP contribution is -2.12. The van der Waals surface area contributed by atoms with Gasteiger partial charge in [-0.1, -0.05) is 17.7 Å². The number of hydrogen-bond donors (Lipinski definition) is 2. The zero-order valence-electron chi connectivity index (χ0n) is 14.2. The number of aromatic nitrogens is 1. The van der Waals surface area contributed by atoms with Gasteiger partial charge in [-0.25, -0.2) is 0 Å². The number of amides is 2. The van der Waals surface area contributed by atoms with Crippen LogP contribution in [0.25, 0.3) is 10.9 Å². The van der Waals surface area contributed by atoms with Crippen LogP contribution in [0.15, 0.2) is 48.7 Å². The van der Waals surface area contributed by atoms with Crippen LogP contribution in [0.1, 0.15) is 29.0 Å². The maximum Gasteiger partial charge on any atom is 0.257 e. The van der Waals surface area contributed by atoms with Crippen molar-refractivity contribution in [1.82, 2.24) is 4.57 Å². The second-order valence-electron chi connectivity index (χ2n) is 5.81. The summed E-state index contributed by atoms with van der Waals surface area (Å²) < 4.78 is 1.40. The highest BCUT2D eigenvalue weighted by Crippen LogP contribution is 2.26. The first-order chi connectivity index (χ1) is 12.3. The molecule has 0 spiro atoms. The Morgan fingerprint density at radius 1 is 0.923 bits per heavy atom. The fraction of sp³-hybridized carbons (Fsp3) is 0.105. The third kappa shape index (κ3) is 3.60. The summed E-state index contributed by atoms with van der Waals surface area (Å²) in [5.41, 5.74) is 2.16. The minimum atomic E-state index is -0.343.